The van der Waals surface area contributed by atoms with E-state index < -0.39 is 5.91 Å². The van der Waals surface area contributed by atoms with Gasteiger partial charge in [0.05, 0.1) is 0 Å². The van der Waals surface area contributed by atoms with Gasteiger partial charge in [0.2, 0.25) is 5.91 Å². The average molecular weight is 276 g/mol. The van der Waals surface area contributed by atoms with Crippen molar-refractivity contribution in [1.29, 1.82) is 0 Å². The number of carbonyl (C=O) groups is 2. The molecule has 3 N–H and O–H groups in total. The van der Waals surface area contributed by atoms with Gasteiger partial charge >= 0.3 is 0 Å². The van der Waals surface area contributed by atoms with Crippen molar-refractivity contribution in [2.24, 2.45) is 0 Å². The van der Waals surface area contributed by atoms with Gasteiger partial charge in [0.15, 0.2) is 0 Å². The highest BCUT2D eigenvalue weighted by molar-refractivity contribution is 6.01. The highest BCUT2D eigenvalue weighted by Gasteiger charge is 2.10. The average Bonchev–Trinajstić information content (AvgIpc) is 2.95. The quantitative estimate of drug-likeness (QED) is 0.708. The number of tetrazole rings is 1. The summed E-state index contributed by atoms with van der Waals surface area (Å²) in [5.74, 6) is -0.784. The Kier molecular flexibility index (Phi) is 4.35. The topological polar surface area (TPSA) is 122 Å². The van der Waals surface area contributed by atoms with Crippen molar-refractivity contribution < 1.29 is 14.3 Å². The first kappa shape index (κ1) is 13.6. The number of methoxy groups -OCH3 is 1. The van der Waals surface area contributed by atoms with Crippen LogP contribution in [0.1, 0.15) is 10.6 Å². The molecule has 9 nitrogen and oxygen atoms in total. The van der Waals surface area contributed by atoms with Crippen LogP contribution in [0.2, 0.25) is 0 Å². The lowest BCUT2D eigenvalue weighted by Gasteiger charge is -2.06. The molecule has 0 unspecified atom stereocenters. The van der Waals surface area contributed by atoms with Crippen molar-refractivity contribution in [3.8, 4) is 0 Å². The monoisotopic (exact) mass is 276 g/mol. The summed E-state index contributed by atoms with van der Waals surface area (Å²) in [4.78, 5) is 22.9. The van der Waals surface area contributed by atoms with Gasteiger partial charge in [-0.05, 0) is 29.5 Å². The summed E-state index contributed by atoms with van der Waals surface area (Å²) in [6.45, 7) is -0.0175. The molecule has 0 aliphatic heterocycles. The van der Waals surface area contributed by atoms with E-state index in [1.807, 2.05) is 0 Å². The summed E-state index contributed by atoms with van der Waals surface area (Å²) in [5, 5.41) is 17.8. The number of H-pyrrole nitrogens is 1. The van der Waals surface area contributed by atoms with Crippen molar-refractivity contribution in [3.63, 3.8) is 0 Å². The number of hydrogen-bond donors (Lipinski definition) is 3. The summed E-state index contributed by atoms with van der Waals surface area (Å²) in [5.41, 5.74) is 1.15. The first-order valence-corrected chi connectivity index (χ1v) is 5.62. The van der Waals surface area contributed by atoms with E-state index in [1.165, 1.54) is 7.11 Å². The lowest BCUT2D eigenvalue weighted by molar-refractivity contribution is -0.119. The number of anilines is 2. The minimum atomic E-state index is -0.477. The van der Waals surface area contributed by atoms with Gasteiger partial charge in [-0.25, -0.2) is 0 Å². The molecule has 0 spiro atoms. The van der Waals surface area contributed by atoms with Gasteiger partial charge in [-0.15, -0.1) is 10.2 Å². The molecule has 2 aromatic rings. The molecule has 0 bridgehead atoms. The van der Waals surface area contributed by atoms with Crippen molar-refractivity contribution in [3.05, 3.63) is 30.1 Å². The van der Waals surface area contributed by atoms with Crippen LogP contribution in [-0.2, 0) is 9.53 Å². The normalized spacial score (nSPS) is 10.1. The second-order valence-corrected chi connectivity index (χ2v) is 3.75. The van der Waals surface area contributed by atoms with Crippen LogP contribution < -0.4 is 10.6 Å². The van der Waals surface area contributed by atoms with E-state index >= 15 is 0 Å². The van der Waals surface area contributed by atoms with Crippen LogP contribution in [0.5, 0.6) is 0 Å². The predicted molar refractivity (Wildman–Crippen MR) is 69.1 cm³/mol. The maximum Gasteiger partial charge on any atom is 0.297 e. The molecule has 20 heavy (non-hydrogen) atoms. The third-order valence-corrected chi connectivity index (χ3v) is 2.25. The van der Waals surface area contributed by atoms with Crippen LogP contribution in [0, 0.1) is 0 Å². The van der Waals surface area contributed by atoms with Crippen LogP contribution in [-0.4, -0.2) is 46.2 Å². The van der Waals surface area contributed by atoms with E-state index in [2.05, 4.69) is 31.3 Å². The van der Waals surface area contributed by atoms with Crippen LogP contribution >= 0.6 is 0 Å². The molecule has 2 rings (SSSR count). The molecule has 2 amide bonds. The number of nitrogens with one attached hydrogen (secondary N) is 3. The van der Waals surface area contributed by atoms with E-state index in [9.17, 15) is 9.59 Å². The van der Waals surface area contributed by atoms with Crippen molar-refractivity contribution in [2.75, 3.05) is 24.4 Å². The highest BCUT2D eigenvalue weighted by atomic mass is 16.5. The lowest BCUT2D eigenvalue weighted by Crippen LogP contribution is -2.17. The minimum Gasteiger partial charge on any atom is -0.375 e. The van der Waals surface area contributed by atoms with E-state index in [0.29, 0.717) is 11.4 Å². The Morgan fingerprint density at radius 2 is 1.85 bits per heavy atom. The Balaban J connectivity index is 1.95. The summed E-state index contributed by atoms with van der Waals surface area (Å²) in [6, 6.07) is 6.58. The smallest absolute Gasteiger partial charge is 0.297 e. The third kappa shape index (κ3) is 3.59. The second kappa shape index (κ2) is 6.38. The maximum absolute atomic E-state index is 11.6. The van der Waals surface area contributed by atoms with E-state index in [1.54, 1.807) is 24.3 Å². The van der Waals surface area contributed by atoms with Gasteiger partial charge in [0, 0.05) is 18.5 Å². The summed E-state index contributed by atoms with van der Waals surface area (Å²) in [7, 11) is 1.44. The van der Waals surface area contributed by atoms with Gasteiger partial charge in [-0.3, -0.25) is 9.59 Å². The molecule has 0 aliphatic carbocycles. The Hall–Kier alpha value is -2.81. The first-order valence-electron chi connectivity index (χ1n) is 5.62. The molecule has 0 saturated carbocycles. The first-order chi connectivity index (χ1) is 9.69. The molecule has 0 fully saturated rings. The Morgan fingerprint density at radius 3 is 2.40 bits per heavy atom. The molecule has 1 heterocycles. The third-order valence-electron chi connectivity index (χ3n) is 2.25. The van der Waals surface area contributed by atoms with Crippen LogP contribution in [0.3, 0.4) is 0 Å². The molecule has 0 aliphatic rings. The van der Waals surface area contributed by atoms with Crippen LogP contribution in [0.25, 0.3) is 0 Å². The highest BCUT2D eigenvalue weighted by Crippen LogP contribution is 2.13. The number of amides is 2. The molecule has 1 aromatic heterocycles. The number of nitrogens with zero attached hydrogens (tertiary/aromatic N) is 3. The number of ether oxygens (including phenoxy) is 1. The van der Waals surface area contributed by atoms with E-state index in [0.717, 1.165) is 0 Å². The zero-order valence-electron chi connectivity index (χ0n) is 10.6. The molecule has 0 radical (unpaired) electrons. The van der Waals surface area contributed by atoms with Crippen molar-refractivity contribution >= 4 is 23.2 Å². The van der Waals surface area contributed by atoms with Crippen LogP contribution in [0.15, 0.2) is 24.3 Å². The number of rotatable bonds is 5. The van der Waals surface area contributed by atoms with E-state index in [-0.39, 0.29) is 18.3 Å². The molecule has 0 atom stereocenters. The molecule has 9 heteroatoms. The number of aromatic amines is 1. The summed E-state index contributed by atoms with van der Waals surface area (Å²) < 4.78 is 4.70. The van der Waals surface area contributed by atoms with Gasteiger partial charge in [0.25, 0.3) is 11.7 Å². The lowest BCUT2D eigenvalue weighted by atomic mass is 10.2. The van der Waals surface area contributed by atoms with Gasteiger partial charge in [-0.1, -0.05) is 0 Å². The standard InChI is InChI=1S/C11H12N6O3/c1-20-6-9(18)12-7-2-4-8(5-3-7)13-11(19)10-14-16-17-15-10/h2-5H,6H2,1H3,(H,12,18)(H,13,19)(H,14,15,16,17). The summed E-state index contributed by atoms with van der Waals surface area (Å²) >= 11 is 0. The molecule has 0 saturated heterocycles. The fraction of sp³-hybridized carbons (Fsp3) is 0.182. The maximum atomic E-state index is 11.6. The van der Waals surface area contributed by atoms with Gasteiger partial charge in [-0.2, -0.15) is 5.21 Å². The largest absolute Gasteiger partial charge is 0.375 e. The van der Waals surface area contributed by atoms with Crippen molar-refractivity contribution in [2.45, 2.75) is 0 Å². The summed E-state index contributed by atoms with van der Waals surface area (Å²) in [6.07, 6.45) is 0. The Labute approximate surface area is 113 Å². The predicted octanol–water partition coefficient (Wildman–Crippen LogP) is 0.0369. The molecule has 1 aromatic carbocycles. The van der Waals surface area contributed by atoms with Crippen LogP contribution in [0.4, 0.5) is 11.4 Å². The molecule has 104 valence electrons. The van der Waals surface area contributed by atoms with Gasteiger partial charge < -0.3 is 15.4 Å². The Morgan fingerprint density at radius 1 is 1.20 bits per heavy atom. The zero-order valence-corrected chi connectivity index (χ0v) is 10.6. The number of carbonyl (C=O) groups excluding carboxylic acids is 2. The zero-order chi connectivity index (χ0) is 14.4. The minimum absolute atomic E-state index is 0.0175. The van der Waals surface area contributed by atoms with Crippen molar-refractivity contribution in [1.82, 2.24) is 20.6 Å². The second-order valence-electron chi connectivity index (χ2n) is 3.75. The fourth-order valence-electron chi connectivity index (χ4n) is 1.41. The number of benzene rings is 1. The number of hydrogen-bond acceptors (Lipinski definition) is 6. The van der Waals surface area contributed by atoms with Gasteiger partial charge in [0.1, 0.15) is 6.61 Å². The molecular weight excluding hydrogens is 264 g/mol. The SMILES string of the molecule is COCC(=O)Nc1ccc(NC(=O)c2nn[nH]n2)cc1. The van der Waals surface area contributed by atoms with E-state index in [4.69, 9.17) is 4.74 Å². The molecular formula is C11H12N6O3. The Bertz CT molecular complexity index is 581. The fourth-order valence-corrected chi connectivity index (χ4v) is 1.41. The number of aromatic nitrogens is 4.